The maximum atomic E-state index is 12.9. The second-order valence-electron chi connectivity index (χ2n) is 8.27. The molecule has 0 aromatic heterocycles. The predicted molar refractivity (Wildman–Crippen MR) is 127 cm³/mol. The lowest BCUT2D eigenvalue weighted by atomic mass is 9.89. The number of aryl methyl sites for hydroxylation is 2. The lowest BCUT2D eigenvalue weighted by Gasteiger charge is -2.21. The zero-order chi connectivity index (χ0) is 22.7. The van der Waals surface area contributed by atoms with Crippen LogP contribution in [0.3, 0.4) is 0 Å². The third-order valence-electron chi connectivity index (χ3n) is 6.09. The smallest absolute Gasteiger partial charge is 0.264 e. The van der Waals surface area contributed by atoms with Crippen LogP contribution in [0.15, 0.2) is 77.7 Å². The van der Waals surface area contributed by atoms with Gasteiger partial charge in [0.25, 0.3) is 15.9 Å². The predicted octanol–water partition coefficient (Wildman–Crippen LogP) is 4.88. The Morgan fingerprint density at radius 2 is 1.62 bits per heavy atom. The van der Waals surface area contributed by atoms with Crippen molar-refractivity contribution in [3.05, 3.63) is 95.1 Å². The Labute approximate surface area is 190 Å². The highest BCUT2D eigenvalue weighted by Crippen LogP contribution is 2.26. The van der Waals surface area contributed by atoms with Crippen molar-refractivity contribution in [3.63, 3.8) is 0 Å². The number of rotatable bonds is 6. The molecule has 32 heavy (non-hydrogen) atoms. The van der Waals surface area contributed by atoms with Crippen molar-refractivity contribution in [2.24, 2.45) is 0 Å². The van der Waals surface area contributed by atoms with Crippen molar-refractivity contribution in [2.75, 3.05) is 11.4 Å². The molecule has 0 heterocycles. The molecule has 0 fully saturated rings. The van der Waals surface area contributed by atoms with E-state index < -0.39 is 10.0 Å². The van der Waals surface area contributed by atoms with Crippen LogP contribution in [0, 0.1) is 0 Å². The number of carbonyl (C=O) groups is 1. The number of amides is 1. The molecule has 166 valence electrons. The van der Waals surface area contributed by atoms with Gasteiger partial charge in [-0.1, -0.05) is 42.5 Å². The minimum Gasteiger partial charge on any atom is -0.346 e. The first-order chi connectivity index (χ1) is 15.4. The highest BCUT2D eigenvalue weighted by Gasteiger charge is 2.22. The Hall–Kier alpha value is -3.12. The Morgan fingerprint density at radius 3 is 2.38 bits per heavy atom. The number of nitrogens with zero attached hydrogens (tertiary/aromatic N) is 1. The maximum absolute atomic E-state index is 12.9. The lowest BCUT2D eigenvalue weighted by molar-refractivity contribution is 0.0940. The summed E-state index contributed by atoms with van der Waals surface area (Å²) in [4.78, 5) is 13.1. The van der Waals surface area contributed by atoms with E-state index in [1.165, 1.54) is 35.3 Å². The van der Waals surface area contributed by atoms with Crippen molar-refractivity contribution in [1.29, 1.82) is 0 Å². The molecular formula is C26H28N2O3S. The SMILES string of the molecule is CC(NC(=O)c1cccc(N(C)S(=O)(=O)c2ccccc2)c1)c1ccc2c(c1)CCCC2. The Morgan fingerprint density at radius 1 is 0.906 bits per heavy atom. The van der Waals surface area contributed by atoms with Gasteiger partial charge in [0.05, 0.1) is 16.6 Å². The fourth-order valence-corrected chi connectivity index (χ4v) is 5.33. The van der Waals surface area contributed by atoms with Gasteiger partial charge in [-0.2, -0.15) is 0 Å². The summed E-state index contributed by atoms with van der Waals surface area (Å²) >= 11 is 0. The van der Waals surface area contributed by atoms with Gasteiger partial charge in [0.1, 0.15) is 0 Å². The highest BCUT2D eigenvalue weighted by molar-refractivity contribution is 7.92. The minimum absolute atomic E-state index is 0.149. The van der Waals surface area contributed by atoms with Gasteiger partial charge in [0.2, 0.25) is 0 Å². The van der Waals surface area contributed by atoms with E-state index in [0.29, 0.717) is 11.3 Å². The second-order valence-corrected chi connectivity index (χ2v) is 10.2. The Bertz CT molecular complexity index is 1220. The number of anilines is 1. The van der Waals surface area contributed by atoms with Crippen LogP contribution in [0.1, 0.15) is 52.9 Å². The zero-order valence-electron chi connectivity index (χ0n) is 18.4. The molecule has 0 bridgehead atoms. The fourth-order valence-electron chi connectivity index (χ4n) is 4.12. The molecule has 1 aliphatic carbocycles. The highest BCUT2D eigenvalue weighted by atomic mass is 32.2. The summed E-state index contributed by atoms with van der Waals surface area (Å²) in [5.41, 5.74) is 4.72. The van der Waals surface area contributed by atoms with Crippen LogP contribution in [-0.2, 0) is 22.9 Å². The maximum Gasteiger partial charge on any atom is 0.264 e. The molecule has 0 saturated carbocycles. The minimum atomic E-state index is -3.71. The number of hydrogen-bond acceptors (Lipinski definition) is 3. The van der Waals surface area contributed by atoms with Crippen LogP contribution in [0.5, 0.6) is 0 Å². The molecule has 4 rings (SSSR count). The quantitative estimate of drug-likeness (QED) is 0.584. The van der Waals surface area contributed by atoms with Crippen molar-refractivity contribution >= 4 is 21.6 Å². The van der Waals surface area contributed by atoms with E-state index >= 15 is 0 Å². The van der Waals surface area contributed by atoms with Gasteiger partial charge in [-0.05, 0) is 79.6 Å². The van der Waals surface area contributed by atoms with Gasteiger partial charge < -0.3 is 5.32 Å². The van der Waals surface area contributed by atoms with Crippen molar-refractivity contribution in [2.45, 2.75) is 43.5 Å². The molecule has 5 nitrogen and oxygen atoms in total. The van der Waals surface area contributed by atoms with E-state index in [9.17, 15) is 13.2 Å². The summed E-state index contributed by atoms with van der Waals surface area (Å²) < 4.78 is 27.0. The number of sulfonamides is 1. The molecule has 1 unspecified atom stereocenters. The van der Waals surface area contributed by atoms with Crippen LogP contribution in [0.2, 0.25) is 0 Å². The molecule has 0 aliphatic heterocycles. The van der Waals surface area contributed by atoms with E-state index in [1.807, 2.05) is 6.92 Å². The summed E-state index contributed by atoms with van der Waals surface area (Å²) in [6, 6.07) is 21.3. The molecule has 3 aromatic carbocycles. The van der Waals surface area contributed by atoms with Crippen LogP contribution >= 0.6 is 0 Å². The molecular weight excluding hydrogens is 420 g/mol. The van der Waals surface area contributed by atoms with Gasteiger partial charge in [0.15, 0.2) is 0 Å². The van der Waals surface area contributed by atoms with Crippen LogP contribution in [-0.4, -0.2) is 21.4 Å². The lowest BCUT2D eigenvalue weighted by Crippen LogP contribution is -2.28. The van der Waals surface area contributed by atoms with Crippen LogP contribution < -0.4 is 9.62 Å². The van der Waals surface area contributed by atoms with Gasteiger partial charge in [0, 0.05) is 12.6 Å². The largest absolute Gasteiger partial charge is 0.346 e. The average Bonchev–Trinajstić information content (AvgIpc) is 2.83. The molecule has 0 radical (unpaired) electrons. The average molecular weight is 449 g/mol. The van der Waals surface area contributed by atoms with E-state index in [2.05, 4.69) is 23.5 Å². The Kier molecular flexibility index (Phi) is 6.33. The number of nitrogens with one attached hydrogen (secondary N) is 1. The first kappa shape index (κ1) is 22.1. The van der Waals surface area contributed by atoms with Crippen molar-refractivity contribution in [1.82, 2.24) is 5.32 Å². The van der Waals surface area contributed by atoms with Gasteiger partial charge >= 0.3 is 0 Å². The normalized spacial score (nSPS) is 14.3. The molecule has 1 amide bonds. The summed E-state index contributed by atoms with van der Waals surface area (Å²) in [7, 11) is -2.21. The zero-order valence-corrected chi connectivity index (χ0v) is 19.2. The number of carbonyl (C=O) groups excluding carboxylic acids is 1. The van der Waals surface area contributed by atoms with Crippen molar-refractivity contribution < 1.29 is 13.2 Å². The first-order valence-corrected chi connectivity index (χ1v) is 12.4. The molecule has 1 aliphatic rings. The number of fused-ring (bicyclic) bond motifs is 1. The van der Waals surface area contributed by atoms with Crippen LogP contribution in [0.25, 0.3) is 0 Å². The van der Waals surface area contributed by atoms with Crippen molar-refractivity contribution in [3.8, 4) is 0 Å². The van der Waals surface area contributed by atoms with E-state index in [4.69, 9.17) is 0 Å². The van der Waals surface area contributed by atoms with E-state index in [1.54, 1.807) is 54.6 Å². The van der Waals surface area contributed by atoms with Gasteiger partial charge in [-0.3, -0.25) is 9.10 Å². The monoisotopic (exact) mass is 448 g/mol. The summed E-state index contributed by atoms with van der Waals surface area (Å²) in [5, 5.41) is 3.05. The summed E-state index contributed by atoms with van der Waals surface area (Å²) in [6.45, 7) is 1.97. The molecule has 1 atom stereocenters. The van der Waals surface area contributed by atoms with Crippen LogP contribution in [0.4, 0.5) is 5.69 Å². The summed E-state index contributed by atoms with van der Waals surface area (Å²) in [5.74, 6) is -0.234. The Balaban J connectivity index is 1.51. The number of benzene rings is 3. The topological polar surface area (TPSA) is 66.5 Å². The second kappa shape index (κ2) is 9.17. The molecule has 3 aromatic rings. The third kappa shape index (κ3) is 4.55. The third-order valence-corrected chi connectivity index (χ3v) is 7.89. The van der Waals surface area contributed by atoms with E-state index in [0.717, 1.165) is 18.4 Å². The molecule has 0 spiro atoms. The number of hydrogen-bond donors (Lipinski definition) is 1. The fraction of sp³-hybridized carbons (Fsp3) is 0.269. The molecule has 1 N–H and O–H groups in total. The first-order valence-electron chi connectivity index (χ1n) is 10.9. The standard InChI is InChI=1S/C26H28N2O3S/c1-19(21-16-15-20-9-6-7-10-22(20)17-21)27-26(29)23-11-8-12-24(18-23)28(2)32(30,31)25-13-4-3-5-14-25/h3-5,8,11-19H,6-7,9-10H2,1-2H3,(H,27,29). The van der Waals surface area contributed by atoms with Gasteiger partial charge in [-0.25, -0.2) is 8.42 Å². The summed E-state index contributed by atoms with van der Waals surface area (Å²) in [6.07, 6.45) is 4.67. The van der Waals surface area contributed by atoms with Gasteiger partial charge in [-0.15, -0.1) is 0 Å². The molecule has 0 saturated heterocycles. The van der Waals surface area contributed by atoms with E-state index in [-0.39, 0.29) is 16.8 Å². The molecule has 6 heteroatoms.